The molecule has 172 valence electrons. The minimum atomic E-state index is -0.803. The lowest BCUT2D eigenvalue weighted by atomic mass is 10.1. The highest BCUT2D eigenvalue weighted by atomic mass is 16.5. The standard InChI is InChI=1S/C26H28N2O5/c1-17(32-22-13-11-18-7-3-4-8-19(18)15-22)25(29)27-28-26(30)20-12-14-23(24(16-20)31-2)33-21-9-5-6-10-21/h3-4,7-8,11-17,21H,5-6,9-10H2,1-2H3,(H,27,29)(H,28,30). The van der Waals surface area contributed by atoms with Crippen LogP contribution in [0, 0.1) is 0 Å². The molecule has 0 bridgehead atoms. The highest BCUT2D eigenvalue weighted by Crippen LogP contribution is 2.32. The van der Waals surface area contributed by atoms with E-state index >= 15 is 0 Å². The van der Waals surface area contributed by atoms with Crippen LogP contribution in [0.4, 0.5) is 0 Å². The first-order chi connectivity index (χ1) is 16.0. The second kappa shape index (κ2) is 10.3. The van der Waals surface area contributed by atoms with E-state index in [1.807, 2.05) is 42.5 Å². The van der Waals surface area contributed by atoms with E-state index < -0.39 is 17.9 Å². The van der Waals surface area contributed by atoms with Gasteiger partial charge in [-0.25, -0.2) is 0 Å². The normalized spacial score (nSPS) is 14.5. The maximum Gasteiger partial charge on any atom is 0.279 e. The van der Waals surface area contributed by atoms with Gasteiger partial charge in [-0.2, -0.15) is 0 Å². The number of carbonyl (C=O) groups is 2. The van der Waals surface area contributed by atoms with Gasteiger partial charge in [-0.15, -0.1) is 0 Å². The Labute approximate surface area is 193 Å². The molecule has 2 N–H and O–H groups in total. The molecule has 3 aromatic rings. The van der Waals surface area contributed by atoms with Crippen molar-refractivity contribution in [1.82, 2.24) is 10.9 Å². The zero-order valence-electron chi connectivity index (χ0n) is 18.8. The van der Waals surface area contributed by atoms with Crippen LogP contribution in [0.15, 0.2) is 60.7 Å². The van der Waals surface area contributed by atoms with Crippen molar-refractivity contribution in [3.8, 4) is 17.2 Å². The topological polar surface area (TPSA) is 85.9 Å². The van der Waals surface area contributed by atoms with Crippen LogP contribution in [0.5, 0.6) is 17.2 Å². The molecule has 0 spiro atoms. The molecule has 3 aromatic carbocycles. The molecule has 0 aliphatic heterocycles. The lowest BCUT2D eigenvalue weighted by molar-refractivity contribution is -0.128. The van der Waals surface area contributed by atoms with Crippen molar-refractivity contribution in [2.24, 2.45) is 0 Å². The number of amides is 2. The Morgan fingerprint density at radius 1 is 0.909 bits per heavy atom. The molecule has 0 saturated heterocycles. The monoisotopic (exact) mass is 448 g/mol. The number of methoxy groups -OCH3 is 1. The minimum absolute atomic E-state index is 0.182. The molecule has 0 aromatic heterocycles. The van der Waals surface area contributed by atoms with Gasteiger partial charge in [0.1, 0.15) is 5.75 Å². The van der Waals surface area contributed by atoms with Crippen LogP contribution in [-0.2, 0) is 4.79 Å². The van der Waals surface area contributed by atoms with Crippen molar-refractivity contribution >= 4 is 22.6 Å². The lowest BCUT2D eigenvalue weighted by Crippen LogP contribution is -2.47. The van der Waals surface area contributed by atoms with E-state index in [0.717, 1.165) is 36.5 Å². The number of fused-ring (bicyclic) bond motifs is 1. The SMILES string of the molecule is COc1cc(C(=O)NNC(=O)C(C)Oc2ccc3ccccc3c2)ccc1OC1CCCC1. The molecule has 4 rings (SSSR count). The number of benzene rings is 3. The molecule has 0 radical (unpaired) electrons. The smallest absolute Gasteiger partial charge is 0.279 e. The third-order valence-electron chi connectivity index (χ3n) is 5.72. The average Bonchev–Trinajstić information content (AvgIpc) is 3.35. The third-order valence-corrected chi connectivity index (χ3v) is 5.72. The number of hydrogen-bond donors (Lipinski definition) is 2. The first-order valence-electron chi connectivity index (χ1n) is 11.1. The Bertz CT molecular complexity index is 1140. The Morgan fingerprint density at radius 3 is 2.42 bits per heavy atom. The average molecular weight is 449 g/mol. The van der Waals surface area contributed by atoms with E-state index in [4.69, 9.17) is 14.2 Å². The van der Waals surface area contributed by atoms with Crippen molar-refractivity contribution in [2.45, 2.75) is 44.8 Å². The van der Waals surface area contributed by atoms with Gasteiger partial charge < -0.3 is 14.2 Å². The first-order valence-corrected chi connectivity index (χ1v) is 11.1. The minimum Gasteiger partial charge on any atom is -0.493 e. The summed E-state index contributed by atoms with van der Waals surface area (Å²) in [5.74, 6) is 0.734. The number of carbonyl (C=O) groups excluding carboxylic acids is 2. The van der Waals surface area contributed by atoms with Crippen molar-refractivity contribution in [2.75, 3.05) is 7.11 Å². The molecular weight excluding hydrogens is 420 g/mol. The van der Waals surface area contributed by atoms with Gasteiger partial charge >= 0.3 is 0 Å². The predicted molar refractivity (Wildman–Crippen MR) is 126 cm³/mol. The summed E-state index contributed by atoms with van der Waals surface area (Å²) < 4.78 is 17.1. The molecule has 1 aliphatic rings. The molecule has 33 heavy (non-hydrogen) atoms. The van der Waals surface area contributed by atoms with Gasteiger partial charge in [-0.3, -0.25) is 20.4 Å². The summed E-state index contributed by atoms with van der Waals surface area (Å²) in [4.78, 5) is 25.0. The molecule has 1 unspecified atom stereocenters. The molecule has 1 fully saturated rings. The predicted octanol–water partition coefficient (Wildman–Crippen LogP) is 4.40. The highest BCUT2D eigenvalue weighted by molar-refractivity contribution is 5.96. The Kier molecular flexibility index (Phi) is 6.98. The van der Waals surface area contributed by atoms with Gasteiger partial charge in [0.05, 0.1) is 13.2 Å². The Hall–Kier alpha value is -3.74. The van der Waals surface area contributed by atoms with E-state index in [0.29, 0.717) is 22.8 Å². The van der Waals surface area contributed by atoms with Gasteiger partial charge in [0, 0.05) is 5.56 Å². The quantitative estimate of drug-likeness (QED) is 0.524. The Morgan fingerprint density at radius 2 is 1.67 bits per heavy atom. The summed E-state index contributed by atoms with van der Waals surface area (Å²) in [6.07, 6.45) is 3.75. The Balaban J connectivity index is 1.32. The highest BCUT2D eigenvalue weighted by Gasteiger charge is 2.20. The van der Waals surface area contributed by atoms with E-state index in [1.165, 1.54) is 7.11 Å². The summed E-state index contributed by atoms with van der Waals surface area (Å²) in [5, 5.41) is 2.11. The van der Waals surface area contributed by atoms with Crippen molar-refractivity contribution in [3.63, 3.8) is 0 Å². The number of rotatable bonds is 7. The summed E-state index contributed by atoms with van der Waals surface area (Å²) >= 11 is 0. The van der Waals surface area contributed by atoms with Crippen LogP contribution in [0.2, 0.25) is 0 Å². The second-order valence-corrected chi connectivity index (χ2v) is 8.10. The van der Waals surface area contributed by atoms with Crippen LogP contribution >= 0.6 is 0 Å². The number of hydrogen-bond acceptors (Lipinski definition) is 5. The number of hydrazine groups is 1. The zero-order valence-corrected chi connectivity index (χ0v) is 18.8. The van der Waals surface area contributed by atoms with Crippen LogP contribution in [0.3, 0.4) is 0 Å². The van der Waals surface area contributed by atoms with E-state index in [2.05, 4.69) is 10.9 Å². The summed E-state index contributed by atoms with van der Waals surface area (Å²) in [6, 6.07) is 18.5. The lowest BCUT2D eigenvalue weighted by Gasteiger charge is -2.17. The fourth-order valence-electron chi connectivity index (χ4n) is 3.88. The fourth-order valence-corrected chi connectivity index (χ4v) is 3.88. The van der Waals surface area contributed by atoms with Crippen molar-refractivity contribution < 1.29 is 23.8 Å². The molecule has 1 aliphatic carbocycles. The van der Waals surface area contributed by atoms with Crippen LogP contribution in [0.1, 0.15) is 43.0 Å². The first kappa shape index (κ1) is 22.5. The molecule has 1 atom stereocenters. The van der Waals surface area contributed by atoms with E-state index in [9.17, 15) is 9.59 Å². The van der Waals surface area contributed by atoms with Gasteiger partial charge in [-0.1, -0.05) is 30.3 Å². The summed E-state index contributed by atoms with van der Waals surface area (Å²) in [6.45, 7) is 1.62. The van der Waals surface area contributed by atoms with Gasteiger partial charge in [0.15, 0.2) is 17.6 Å². The fraction of sp³-hybridized carbons (Fsp3) is 0.308. The summed E-state index contributed by atoms with van der Waals surface area (Å²) in [5.41, 5.74) is 5.18. The van der Waals surface area contributed by atoms with E-state index in [1.54, 1.807) is 25.1 Å². The molecule has 7 heteroatoms. The van der Waals surface area contributed by atoms with Crippen LogP contribution in [-0.4, -0.2) is 31.1 Å². The molecule has 1 saturated carbocycles. The second-order valence-electron chi connectivity index (χ2n) is 8.10. The van der Waals surface area contributed by atoms with Crippen molar-refractivity contribution in [1.29, 1.82) is 0 Å². The van der Waals surface area contributed by atoms with E-state index in [-0.39, 0.29) is 6.10 Å². The van der Waals surface area contributed by atoms with Gasteiger partial charge in [-0.05, 0) is 73.7 Å². The van der Waals surface area contributed by atoms with Crippen LogP contribution < -0.4 is 25.1 Å². The molecule has 0 heterocycles. The molecule has 7 nitrogen and oxygen atoms in total. The van der Waals surface area contributed by atoms with Crippen molar-refractivity contribution in [3.05, 3.63) is 66.2 Å². The zero-order chi connectivity index (χ0) is 23.2. The number of nitrogens with one attached hydrogen (secondary N) is 2. The summed E-state index contributed by atoms with van der Waals surface area (Å²) in [7, 11) is 1.53. The van der Waals surface area contributed by atoms with Crippen LogP contribution in [0.25, 0.3) is 10.8 Å². The molecule has 2 amide bonds. The molecular formula is C26H28N2O5. The third kappa shape index (κ3) is 5.55. The van der Waals surface area contributed by atoms with Gasteiger partial charge in [0.2, 0.25) is 0 Å². The largest absolute Gasteiger partial charge is 0.493 e. The maximum absolute atomic E-state index is 12.5. The number of ether oxygens (including phenoxy) is 3. The maximum atomic E-state index is 12.5. The van der Waals surface area contributed by atoms with Gasteiger partial charge in [0.25, 0.3) is 11.8 Å².